The Morgan fingerprint density at radius 2 is 1.26 bits per heavy atom. The number of hydrogen-bond donors (Lipinski definition) is 0. The van der Waals surface area contributed by atoms with Crippen LogP contribution in [-0.2, 0) is 5.41 Å². The van der Waals surface area contributed by atoms with Crippen LogP contribution in [0.25, 0.3) is 50.4 Å². The lowest BCUT2D eigenvalue weighted by molar-refractivity contribution is -0.00568. The molecule has 4 bridgehead atoms. The second kappa shape index (κ2) is 11.6. The number of fused-ring (bicyclic) bond motifs is 3. The highest BCUT2D eigenvalue weighted by molar-refractivity contribution is 5.84. The van der Waals surface area contributed by atoms with Crippen molar-refractivity contribution in [3.05, 3.63) is 155 Å². The van der Waals surface area contributed by atoms with Crippen LogP contribution in [0.5, 0.6) is 0 Å². The Kier molecular flexibility index (Phi) is 6.84. The van der Waals surface area contributed by atoms with Crippen LogP contribution in [0.15, 0.2) is 121 Å². The van der Waals surface area contributed by atoms with Crippen molar-refractivity contribution in [1.29, 1.82) is 0 Å². The van der Waals surface area contributed by atoms with E-state index in [2.05, 4.69) is 95.9 Å². The molecule has 0 radical (unpaired) electrons. The van der Waals surface area contributed by atoms with Gasteiger partial charge in [0.2, 0.25) is 0 Å². The molecule has 242 valence electrons. The lowest BCUT2D eigenvalue weighted by Crippen LogP contribution is -2.49. The standard InChI is InChI=1S/C46H38N4/c1-47-37-19-16-34(17-20-37)43-48-44(36-12-5-11-35(25-36)32-8-3-2-4-9-32)50-45(49-43)40-14-7-13-39-38(40)21-18-33-10-6-15-41(42(33)39)46-26-29-22-30(27-46)24-31(23-29)28-46/h2-12,14-21,25,29-31,39H,13,22-24,26-28H2. The maximum absolute atomic E-state index is 7.46. The summed E-state index contributed by atoms with van der Waals surface area (Å²) in [5, 5.41) is 0. The quantitative estimate of drug-likeness (QED) is 0.178. The highest BCUT2D eigenvalue weighted by Gasteiger charge is 2.52. The van der Waals surface area contributed by atoms with Crippen molar-refractivity contribution in [2.45, 2.75) is 56.3 Å². The Hall–Kier alpha value is -5.40. The summed E-state index contributed by atoms with van der Waals surface area (Å²) >= 11 is 0. The van der Waals surface area contributed by atoms with Gasteiger partial charge in [0.25, 0.3) is 0 Å². The zero-order valence-electron chi connectivity index (χ0n) is 28.1. The first-order valence-electron chi connectivity index (χ1n) is 18.2. The van der Waals surface area contributed by atoms with Gasteiger partial charge in [-0.05, 0) is 108 Å². The van der Waals surface area contributed by atoms with E-state index < -0.39 is 0 Å². The van der Waals surface area contributed by atoms with E-state index in [1.165, 1.54) is 49.7 Å². The molecule has 50 heavy (non-hydrogen) atoms. The van der Waals surface area contributed by atoms with Gasteiger partial charge < -0.3 is 0 Å². The minimum atomic E-state index is 0.280. The van der Waals surface area contributed by atoms with E-state index in [1.54, 1.807) is 11.1 Å². The Morgan fingerprint density at radius 1 is 0.600 bits per heavy atom. The molecule has 11 rings (SSSR count). The van der Waals surface area contributed by atoms with Gasteiger partial charge in [0.1, 0.15) is 0 Å². The molecule has 1 heterocycles. The van der Waals surface area contributed by atoms with Crippen molar-refractivity contribution in [2.75, 3.05) is 0 Å². The predicted molar refractivity (Wildman–Crippen MR) is 201 cm³/mol. The van der Waals surface area contributed by atoms with E-state index in [0.717, 1.165) is 52.0 Å². The van der Waals surface area contributed by atoms with Crippen LogP contribution < -0.4 is 0 Å². The third-order valence-electron chi connectivity index (χ3n) is 12.2. The van der Waals surface area contributed by atoms with Crippen molar-refractivity contribution in [3.63, 3.8) is 0 Å². The molecule has 4 saturated carbocycles. The summed E-state index contributed by atoms with van der Waals surface area (Å²) in [5.41, 5.74) is 12.0. The second-order valence-corrected chi connectivity index (χ2v) is 15.3. The summed E-state index contributed by atoms with van der Waals surface area (Å²) in [4.78, 5) is 19.1. The van der Waals surface area contributed by atoms with Crippen LogP contribution in [0.2, 0.25) is 0 Å². The molecule has 4 nitrogen and oxygen atoms in total. The number of allylic oxidation sites excluding steroid dienone is 5. The minimum Gasteiger partial charge on any atom is -0.238 e. The van der Waals surface area contributed by atoms with Crippen LogP contribution in [0.3, 0.4) is 0 Å². The van der Waals surface area contributed by atoms with Gasteiger partial charge in [0, 0.05) is 22.6 Å². The van der Waals surface area contributed by atoms with Gasteiger partial charge in [-0.25, -0.2) is 19.8 Å². The fourth-order valence-corrected chi connectivity index (χ4v) is 10.5. The molecule has 0 saturated heterocycles. The fourth-order valence-electron chi connectivity index (χ4n) is 10.5. The molecule has 5 aromatic rings. The Bertz CT molecular complexity index is 2250. The normalized spacial score (nSPS) is 25.7. The van der Waals surface area contributed by atoms with Gasteiger partial charge in [0.15, 0.2) is 23.2 Å². The maximum atomic E-state index is 7.46. The molecule has 6 aliphatic rings. The minimum absolute atomic E-state index is 0.280. The summed E-state index contributed by atoms with van der Waals surface area (Å²) in [6, 6.07) is 33.6. The Morgan fingerprint density at radius 3 is 2.00 bits per heavy atom. The predicted octanol–water partition coefficient (Wildman–Crippen LogP) is 11.4. The van der Waals surface area contributed by atoms with E-state index >= 15 is 0 Å². The zero-order chi connectivity index (χ0) is 33.2. The number of nitrogens with zero attached hydrogens (tertiary/aromatic N) is 4. The third-order valence-corrected chi connectivity index (χ3v) is 12.2. The molecular formula is C46H38N4. The molecule has 6 aliphatic carbocycles. The van der Waals surface area contributed by atoms with Crippen LogP contribution in [-0.4, -0.2) is 15.0 Å². The molecule has 0 spiro atoms. The van der Waals surface area contributed by atoms with Gasteiger partial charge in [-0.1, -0.05) is 115 Å². The van der Waals surface area contributed by atoms with Crippen LogP contribution in [0.1, 0.15) is 73.4 Å². The van der Waals surface area contributed by atoms with E-state index in [4.69, 9.17) is 21.5 Å². The lowest BCUT2D eigenvalue weighted by Gasteiger charge is -2.58. The average Bonchev–Trinajstić information content (AvgIpc) is 3.17. The van der Waals surface area contributed by atoms with Gasteiger partial charge >= 0.3 is 0 Å². The molecule has 0 aliphatic heterocycles. The number of hydrogen-bond acceptors (Lipinski definition) is 3. The SMILES string of the molecule is [C-]#[N+]c1ccc(-c2nc(C3=C4C=Cc5cccc(C67CC8CC(CC(C8)C6)C7)c5C4CC=C3)nc(-c3cccc(-c4ccccc4)c3)n2)cc1. The number of rotatable bonds is 5. The second-order valence-electron chi connectivity index (χ2n) is 15.3. The van der Waals surface area contributed by atoms with Crippen LogP contribution in [0.4, 0.5) is 5.69 Å². The fraction of sp³-hybridized carbons (Fsp3) is 0.261. The summed E-state index contributed by atoms with van der Waals surface area (Å²) in [6.45, 7) is 7.46. The van der Waals surface area contributed by atoms with Crippen LogP contribution in [0, 0.1) is 24.3 Å². The molecule has 1 aromatic heterocycles. The maximum Gasteiger partial charge on any atom is 0.187 e. The molecule has 1 atom stereocenters. The molecule has 0 N–H and O–H groups in total. The Labute approximate surface area is 294 Å². The summed E-state index contributed by atoms with van der Waals surface area (Å²) in [7, 11) is 0. The zero-order valence-corrected chi connectivity index (χ0v) is 28.1. The topological polar surface area (TPSA) is 43.0 Å². The van der Waals surface area contributed by atoms with Crippen LogP contribution >= 0.6 is 0 Å². The van der Waals surface area contributed by atoms with Crippen molar-refractivity contribution in [2.24, 2.45) is 17.8 Å². The first kappa shape index (κ1) is 29.5. The number of benzene rings is 4. The molecule has 4 heteroatoms. The van der Waals surface area contributed by atoms with E-state index in [9.17, 15) is 0 Å². The smallest absolute Gasteiger partial charge is 0.187 e. The summed E-state index contributed by atoms with van der Waals surface area (Å²) in [6.07, 6.45) is 18.7. The number of aromatic nitrogens is 3. The monoisotopic (exact) mass is 646 g/mol. The van der Waals surface area contributed by atoms with Crippen molar-refractivity contribution >= 4 is 17.3 Å². The first-order chi connectivity index (χ1) is 24.6. The van der Waals surface area contributed by atoms with Gasteiger partial charge in [0.05, 0.1) is 6.57 Å². The van der Waals surface area contributed by atoms with E-state index in [1.807, 2.05) is 30.3 Å². The third kappa shape index (κ3) is 4.90. The van der Waals surface area contributed by atoms with Gasteiger partial charge in [-0.3, -0.25) is 0 Å². The molecule has 4 fully saturated rings. The van der Waals surface area contributed by atoms with E-state index in [-0.39, 0.29) is 5.92 Å². The largest absolute Gasteiger partial charge is 0.238 e. The summed E-state index contributed by atoms with van der Waals surface area (Å²) in [5.74, 6) is 4.95. The molecule has 0 amide bonds. The highest BCUT2D eigenvalue weighted by Crippen LogP contribution is 2.62. The van der Waals surface area contributed by atoms with Gasteiger partial charge in [-0.2, -0.15) is 0 Å². The first-order valence-corrected chi connectivity index (χ1v) is 18.2. The lowest BCUT2D eigenvalue weighted by atomic mass is 9.47. The van der Waals surface area contributed by atoms with Crippen molar-refractivity contribution in [3.8, 4) is 33.9 Å². The highest BCUT2D eigenvalue weighted by atomic mass is 15.0. The molecular weight excluding hydrogens is 609 g/mol. The Balaban J connectivity index is 1.12. The average molecular weight is 647 g/mol. The summed E-state index contributed by atoms with van der Waals surface area (Å²) < 4.78 is 0. The van der Waals surface area contributed by atoms with Crippen molar-refractivity contribution < 1.29 is 0 Å². The molecule has 4 aromatic carbocycles. The molecule has 1 unspecified atom stereocenters. The van der Waals surface area contributed by atoms with Gasteiger partial charge in [-0.15, -0.1) is 0 Å². The van der Waals surface area contributed by atoms with Crippen molar-refractivity contribution in [1.82, 2.24) is 15.0 Å². The van der Waals surface area contributed by atoms with E-state index in [0.29, 0.717) is 28.6 Å².